The van der Waals surface area contributed by atoms with Crippen molar-refractivity contribution in [2.24, 2.45) is 5.92 Å². The molecule has 2 aliphatic heterocycles. The van der Waals surface area contributed by atoms with Crippen molar-refractivity contribution in [1.29, 1.82) is 0 Å². The number of rotatable bonds is 7. The van der Waals surface area contributed by atoms with Gasteiger partial charge in [0.05, 0.1) is 18.9 Å². The molecule has 8 nitrogen and oxygen atoms in total. The van der Waals surface area contributed by atoms with Crippen LogP contribution in [-0.2, 0) is 22.6 Å². The largest absolute Gasteiger partial charge is 0.378 e. The summed E-state index contributed by atoms with van der Waals surface area (Å²) in [5, 5.41) is 7.92. The molecule has 2 aliphatic rings. The Kier molecular flexibility index (Phi) is 5.96. The van der Waals surface area contributed by atoms with Crippen LogP contribution >= 0.6 is 0 Å². The molecule has 0 radical (unpaired) electrons. The average Bonchev–Trinajstić information content (AvgIpc) is 3.38. The zero-order valence-corrected chi connectivity index (χ0v) is 15.9. The van der Waals surface area contributed by atoms with Crippen LogP contribution < -0.4 is 10.2 Å². The average molecular weight is 372 g/mol. The molecule has 27 heavy (non-hydrogen) atoms. The van der Waals surface area contributed by atoms with Crippen molar-refractivity contribution >= 4 is 5.95 Å². The Bertz CT molecular complexity index is 713. The van der Waals surface area contributed by atoms with Gasteiger partial charge in [-0.3, -0.25) is 4.68 Å². The summed E-state index contributed by atoms with van der Waals surface area (Å²) in [5.74, 6) is 1.25. The molecule has 1 N–H and O–H groups in total. The second-order valence-corrected chi connectivity index (χ2v) is 7.03. The van der Waals surface area contributed by atoms with E-state index in [0.29, 0.717) is 5.92 Å². The van der Waals surface area contributed by atoms with Crippen molar-refractivity contribution in [3.63, 3.8) is 0 Å². The van der Waals surface area contributed by atoms with E-state index < -0.39 is 0 Å². The van der Waals surface area contributed by atoms with Crippen LogP contribution in [0.5, 0.6) is 0 Å². The summed E-state index contributed by atoms with van der Waals surface area (Å²) in [7, 11) is 0. The number of aromatic nitrogens is 4. The SMILES string of the molecule is CCn1nccc1[C@@H]1OCC[C@H]1CNCc1cnc(N2CCOCC2)nc1. The molecule has 0 amide bonds. The third kappa shape index (κ3) is 4.28. The standard InChI is InChI=1S/C19H28N6O2/c1-2-25-17(3-5-23-25)18-16(4-8-27-18)14-20-11-15-12-21-19(22-13-15)24-6-9-26-10-7-24/h3,5,12-13,16,18,20H,2,4,6-11,14H2,1H3/t16-,18+/m0/s1. The lowest BCUT2D eigenvalue weighted by Gasteiger charge is -2.26. The molecule has 0 unspecified atom stereocenters. The Morgan fingerprint density at radius 3 is 2.78 bits per heavy atom. The first-order valence-electron chi connectivity index (χ1n) is 9.83. The van der Waals surface area contributed by atoms with Gasteiger partial charge in [0.15, 0.2) is 0 Å². The minimum absolute atomic E-state index is 0.125. The first-order chi connectivity index (χ1) is 13.3. The Hall–Kier alpha value is -2.03. The van der Waals surface area contributed by atoms with E-state index in [2.05, 4.69) is 38.3 Å². The van der Waals surface area contributed by atoms with E-state index in [0.717, 1.165) is 70.5 Å². The van der Waals surface area contributed by atoms with Gasteiger partial charge in [-0.25, -0.2) is 9.97 Å². The van der Waals surface area contributed by atoms with Crippen molar-refractivity contribution < 1.29 is 9.47 Å². The van der Waals surface area contributed by atoms with Crippen molar-refractivity contribution in [3.05, 3.63) is 35.9 Å². The number of anilines is 1. The van der Waals surface area contributed by atoms with Crippen LogP contribution in [0, 0.1) is 5.92 Å². The highest BCUT2D eigenvalue weighted by molar-refractivity contribution is 5.30. The maximum Gasteiger partial charge on any atom is 0.225 e. The smallest absolute Gasteiger partial charge is 0.225 e. The summed E-state index contributed by atoms with van der Waals surface area (Å²) in [6.45, 7) is 8.66. The maximum atomic E-state index is 6.00. The van der Waals surface area contributed by atoms with Gasteiger partial charge in [-0.05, 0) is 19.4 Å². The molecule has 0 bridgehead atoms. The molecule has 8 heteroatoms. The molecule has 2 aromatic rings. The van der Waals surface area contributed by atoms with Crippen LogP contribution in [0.1, 0.15) is 30.7 Å². The zero-order chi connectivity index (χ0) is 18.5. The minimum atomic E-state index is 0.125. The van der Waals surface area contributed by atoms with Gasteiger partial charge in [-0.15, -0.1) is 0 Å². The van der Waals surface area contributed by atoms with Crippen LogP contribution in [-0.4, -0.2) is 59.2 Å². The molecule has 4 rings (SSSR count). The van der Waals surface area contributed by atoms with Gasteiger partial charge in [0.1, 0.15) is 6.10 Å². The highest BCUT2D eigenvalue weighted by Gasteiger charge is 2.31. The highest BCUT2D eigenvalue weighted by Crippen LogP contribution is 2.34. The third-order valence-corrected chi connectivity index (χ3v) is 5.28. The molecule has 2 atom stereocenters. The zero-order valence-electron chi connectivity index (χ0n) is 15.9. The molecular weight excluding hydrogens is 344 g/mol. The number of hydrogen-bond donors (Lipinski definition) is 1. The molecular formula is C19H28N6O2. The van der Waals surface area contributed by atoms with Crippen molar-refractivity contribution in [1.82, 2.24) is 25.1 Å². The molecule has 0 aromatic carbocycles. The Balaban J connectivity index is 1.29. The Morgan fingerprint density at radius 2 is 2.00 bits per heavy atom. The summed E-state index contributed by atoms with van der Waals surface area (Å²) in [6.07, 6.45) is 6.89. The van der Waals surface area contributed by atoms with E-state index >= 15 is 0 Å². The first-order valence-corrected chi connectivity index (χ1v) is 9.83. The molecule has 2 saturated heterocycles. The van der Waals surface area contributed by atoms with Gasteiger partial charge in [0.25, 0.3) is 0 Å². The third-order valence-electron chi connectivity index (χ3n) is 5.28. The summed E-state index contributed by atoms with van der Waals surface area (Å²) in [4.78, 5) is 11.2. The van der Waals surface area contributed by atoms with Crippen molar-refractivity contribution in [2.45, 2.75) is 32.5 Å². The summed E-state index contributed by atoms with van der Waals surface area (Å²) >= 11 is 0. The molecule has 4 heterocycles. The van der Waals surface area contributed by atoms with Crippen LogP contribution in [0.2, 0.25) is 0 Å². The van der Waals surface area contributed by atoms with E-state index in [1.807, 2.05) is 23.3 Å². The van der Waals surface area contributed by atoms with Crippen LogP contribution in [0.15, 0.2) is 24.7 Å². The number of ether oxygens (including phenoxy) is 2. The monoisotopic (exact) mass is 372 g/mol. The predicted molar refractivity (Wildman–Crippen MR) is 101 cm³/mol. The first kappa shape index (κ1) is 18.3. The number of nitrogens with zero attached hydrogens (tertiary/aromatic N) is 5. The molecule has 0 saturated carbocycles. The topological polar surface area (TPSA) is 77.3 Å². The van der Waals surface area contributed by atoms with E-state index in [-0.39, 0.29) is 6.10 Å². The van der Waals surface area contributed by atoms with Gasteiger partial charge >= 0.3 is 0 Å². The fourth-order valence-electron chi connectivity index (χ4n) is 3.79. The summed E-state index contributed by atoms with van der Waals surface area (Å²) in [6, 6.07) is 2.07. The second kappa shape index (κ2) is 8.77. The van der Waals surface area contributed by atoms with E-state index in [9.17, 15) is 0 Å². The van der Waals surface area contributed by atoms with Crippen LogP contribution in [0.3, 0.4) is 0 Å². The van der Waals surface area contributed by atoms with E-state index in [1.54, 1.807) is 0 Å². The van der Waals surface area contributed by atoms with Crippen molar-refractivity contribution in [3.8, 4) is 0 Å². The lowest BCUT2D eigenvalue weighted by Crippen LogP contribution is -2.37. The van der Waals surface area contributed by atoms with Gasteiger partial charge in [-0.1, -0.05) is 0 Å². The summed E-state index contributed by atoms with van der Waals surface area (Å²) < 4.78 is 13.4. The van der Waals surface area contributed by atoms with Crippen LogP contribution in [0.4, 0.5) is 5.95 Å². The summed E-state index contributed by atoms with van der Waals surface area (Å²) in [5.41, 5.74) is 2.28. The van der Waals surface area contributed by atoms with Gasteiger partial charge in [-0.2, -0.15) is 5.10 Å². The van der Waals surface area contributed by atoms with E-state index in [4.69, 9.17) is 9.47 Å². The Morgan fingerprint density at radius 1 is 1.19 bits per heavy atom. The lowest BCUT2D eigenvalue weighted by atomic mass is 9.99. The number of nitrogens with one attached hydrogen (secondary N) is 1. The second-order valence-electron chi connectivity index (χ2n) is 7.03. The predicted octanol–water partition coefficient (Wildman–Crippen LogP) is 1.40. The minimum Gasteiger partial charge on any atom is -0.378 e. The molecule has 0 aliphatic carbocycles. The molecule has 2 aromatic heterocycles. The fourth-order valence-corrected chi connectivity index (χ4v) is 3.79. The van der Waals surface area contributed by atoms with Gasteiger partial charge in [0.2, 0.25) is 5.95 Å². The Labute approximate surface area is 159 Å². The molecule has 146 valence electrons. The van der Waals surface area contributed by atoms with Crippen molar-refractivity contribution in [2.75, 3.05) is 44.4 Å². The van der Waals surface area contributed by atoms with Crippen LogP contribution in [0.25, 0.3) is 0 Å². The fraction of sp³-hybridized carbons (Fsp3) is 0.632. The lowest BCUT2D eigenvalue weighted by molar-refractivity contribution is 0.0830. The van der Waals surface area contributed by atoms with E-state index in [1.165, 1.54) is 5.69 Å². The molecule has 0 spiro atoms. The number of morpholine rings is 1. The highest BCUT2D eigenvalue weighted by atomic mass is 16.5. The maximum absolute atomic E-state index is 6.00. The number of hydrogen-bond acceptors (Lipinski definition) is 7. The molecule has 2 fully saturated rings. The quantitative estimate of drug-likeness (QED) is 0.787. The normalized spacial score (nSPS) is 23.1. The van der Waals surface area contributed by atoms with Gasteiger partial charge in [0, 0.05) is 69.4 Å². The number of aryl methyl sites for hydroxylation is 1. The van der Waals surface area contributed by atoms with Gasteiger partial charge < -0.3 is 19.7 Å².